The highest BCUT2D eigenvalue weighted by Gasteiger charge is 2.30. The van der Waals surface area contributed by atoms with Gasteiger partial charge in [0.05, 0.1) is 0 Å². The van der Waals surface area contributed by atoms with Crippen LogP contribution in [0.4, 0.5) is 0 Å². The molecule has 0 amide bonds. The summed E-state index contributed by atoms with van der Waals surface area (Å²) in [5.74, 6) is -0.0398. The summed E-state index contributed by atoms with van der Waals surface area (Å²) in [6.45, 7) is 1.69. The number of likely N-dealkylation sites (tertiary alicyclic amines) is 1. The van der Waals surface area contributed by atoms with E-state index in [1.165, 1.54) is 12.8 Å². The maximum atomic E-state index is 12.3. The fraction of sp³-hybridized carbons (Fsp3) is 0.611. The molecule has 2 atom stereocenters. The van der Waals surface area contributed by atoms with E-state index in [1.807, 2.05) is 31.3 Å². The first kappa shape index (κ1) is 15.5. The summed E-state index contributed by atoms with van der Waals surface area (Å²) in [5.41, 5.74) is 1.85. The largest absolute Gasteiger partial charge is 0.459 e. The second kappa shape index (κ2) is 6.80. The molecule has 120 valence electrons. The van der Waals surface area contributed by atoms with Crippen LogP contribution in [0.1, 0.15) is 55.3 Å². The first-order valence-corrected chi connectivity index (χ1v) is 8.31. The summed E-state index contributed by atoms with van der Waals surface area (Å²) in [4.78, 5) is 14.4. The summed E-state index contributed by atoms with van der Waals surface area (Å²) in [7, 11) is 2.01. The fourth-order valence-corrected chi connectivity index (χ4v) is 3.71. The van der Waals surface area contributed by atoms with Gasteiger partial charge in [0, 0.05) is 13.1 Å². The molecule has 0 bridgehead atoms. The minimum absolute atomic E-state index is 0.0919. The Morgan fingerprint density at radius 2 is 2.00 bits per heavy atom. The average molecular weight is 303 g/mol. The van der Waals surface area contributed by atoms with Gasteiger partial charge in [-0.2, -0.15) is 0 Å². The molecular formula is C18H25NO3. The van der Waals surface area contributed by atoms with Crippen molar-refractivity contribution in [3.05, 3.63) is 35.4 Å². The topological polar surface area (TPSA) is 49.8 Å². The Hall–Kier alpha value is -1.39. The van der Waals surface area contributed by atoms with E-state index in [4.69, 9.17) is 4.74 Å². The molecule has 1 saturated heterocycles. The Kier molecular flexibility index (Phi) is 4.79. The molecule has 0 aromatic heterocycles. The molecule has 1 aliphatic carbocycles. The molecule has 2 fully saturated rings. The SMILES string of the molecule is CN1CC[C@@H](OC(=O)C(O)c2ccccc2C2CCCC2)C1. The lowest BCUT2D eigenvalue weighted by molar-refractivity contribution is -0.158. The van der Waals surface area contributed by atoms with Gasteiger partial charge in [-0.1, -0.05) is 37.1 Å². The molecule has 0 spiro atoms. The smallest absolute Gasteiger partial charge is 0.339 e. The number of benzene rings is 1. The van der Waals surface area contributed by atoms with Gasteiger partial charge in [0.25, 0.3) is 0 Å². The number of aliphatic hydroxyl groups excluding tert-OH is 1. The number of aliphatic hydroxyl groups is 1. The Morgan fingerprint density at radius 3 is 2.68 bits per heavy atom. The van der Waals surface area contributed by atoms with Crippen LogP contribution in [0.5, 0.6) is 0 Å². The van der Waals surface area contributed by atoms with Gasteiger partial charge >= 0.3 is 5.97 Å². The molecule has 22 heavy (non-hydrogen) atoms. The monoisotopic (exact) mass is 303 g/mol. The van der Waals surface area contributed by atoms with Crippen molar-refractivity contribution in [2.24, 2.45) is 0 Å². The normalized spacial score (nSPS) is 24.5. The van der Waals surface area contributed by atoms with Crippen molar-refractivity contribution in [2.45, 2.75) is 50.2 Å². The third kappa shape index (κ3) is 3.33. The summed E-state index contributed by atoms with van der Waals surface area (Å²) >= 11 is 0. The first-order chi connectivity index (χ1) is 10.6. The number of rotatable bonds is 4. The van der Waals surface area contributed by atoms with E-state index >= 15 is 0 Å². The predicted molar refractivity (Wildman–Crippen MR) is 84.6 cm³/mol. The molecule has 1 heterocycles. The van der Waals surface area contributed by atoms with E-state index in [0.717, 1.165) is 43.5 Å². The molecule has 1 aliphatic heterocycles. The molecule has 1 unspecified atom stereocenters. The molecule has 1 aromatic carbocycles. The van der Waals surface area contributed by atoms with E-state index in [-0.39, 0.29) is 6.10 Å². The summed E-state index contributed by atoms with van der Waals surface area (Å²) in [6, 6.07) is 7.78. The molecule has 0 radical (unpaired) electrons. The van der Waals surface area contributed by atoms with Crippen LogP contribution in [0.15, 0.2) is 24.3 Å². The number of hydrogen-bond acceptors (Lipinski definition) is 4. The van der Waals surface area contributed by atoms with Crippen molar-refractivity contribution in [3.63, 3.8) is 0 Å². The quantitative estimate of drug-likeness (QED) is 0.869. The van der Waals surface area contributed by atoms with Crippen LogP contribution in [0.2, 0.25) is 0 Å². The zero-order chi connectivity index (χ0) is 15.5. The van der Waals surface area contributed by atoms with E-state index in [0.29, 0.717) is 5.92 Å². The lowest BCUT2D eigenvalue weighted by Crippen LogP contribution is -2.26. The minimum Gasteiger partial charge on any atom is -0.459 e. The van der Waals surface area contributed by atoms with E-state index < -0.39 is 12.1 Å². The lowest BCUT2D eigenvalue weighted by atomic mass is 9.90. The number of likely N-dealkylation sites (N-methyl/N-ethyl adjacent to an activating group) is 1. The van der Waals surface area contributed by atoms with Gasteiger partial charge in [-0.3, -0.25) is 0 Å². The molecule has 1 aromatic rings. The number of carbonyl (C=O) groups excluding carboxylic acids is 1. The Labute approximate surface area is 132 Å². The minimum atomic E-state index is -1.16. The number of hydrogen-bond donors (Lipinski definition) is 1. The highest BCUT2D eigenvalue weighted by atomic mass is 16.6. The molecule has 2 aliphatic rings. The van der Waals surface area contributed by atoms with Gasteiger partial charge in [0.1, 0.15) is 6.10 Å². The number of ether oxygens (including phenoxy) is 1. The maximum Gasteiger partial charge on any atom is 0.339 e. The first-order valence-electron chi connectivity index (χ1n) is 8.31. The maximum absolute atomic E-state index is 12.3. The standard InChI is InChI=1S/C18H25NO3/c1-19-11-10-14(12-19)22-18(21)17(20)16-9-5-4-8-15(16)13-6-2-3-7-13/h4-5,8-9,13-14,17,20H,2-3,6-7,10-12H2,1H3/t14-,17?/m1/s1. The molecule has 3 rings (SSSR count). The molecular weight excluding hydrogens is 278 g/mol. The van der Waals surface area contributed by atoms with Crippen molar-refractivity contribution >= 4 is 5.97 Å². The van der Waals surface area contributed by atoms with Crippen LogP contribution in [0.25, 0.3) is 0 Å². The van der Waals surface area contributed by atoms with E-state index in [2.05, 4.69) is 4.90 Å². The number of nitrogens with zero attached hydrogens (tertiary/aromatic N) is 1. The number of carbonyl (C=O) groups is 1. The van der Waals surface area contributed by atoms with Crippen LogP contribution < -0.4 is 0 Å². The summed E-state index contributed by atoms with van der Waals surface area (Å²) in [5, 5.41) is 10.5. The van der Waals surface area contributed by atoms with Gasteiger partial charge in [0.2, 0.25) is 0 Å². The van der Waals surface area contributed by atoms with Gasteiger partial charge in [0.15, 0.2) is 6.10 Å². The second-order valence-corrected chi connectivity index (χ2v) is 6.62. The lowest BCUT2D eigenvalue weighted by Gasteiger charge is -2.20. The highest BCUT2D eigenvalue weighted by molar-refractivity contribution is 5.77. The average Bonchev–Trinajstić information content (AvgIpc) is 3.18. The second-order valence-electron chi connectivity index (χ2n) is 6.62. The number of esters is 1. The van der Waals surface area contributed by atoms with Gasteiger partial charge < -0.3 is 14.7 Å². The van der Waals surface area contributed by atoms with Crippen molar-refractivity contribution in [1.29, 1.82) is 0 Å². The molecule has 4 nitrogen and oxygen atoms in total. The van der Waals surface area contributed by atoms with Gasteiger partial charge in [-0.05, 0) is 43.4 Å². The highest BCUT2D eigenvalue weighted by Crippen LogP contribution is 2.37. The Balaban J connectivity index is 1.71. The predicted octanol–water partition coefficient (Wildman–Crippen LogP) is 2.62. The molecule has 1 saturated carbocycles. The van der Waals surface area contributed by atoms with Crippen LogP contribution in [0.3, 0.4) is 0 Å². The van der Waals surface area contributed by atoms with E-state index in [9.17, 15) is 9.90 Å². The fourth-order valence-electron chi connectivity index (χ4n) is 3.71. The Morgan fingerprint density at radius 1 is 1.27 bits per heavy atom. The zero-order valence-corrected chi connectivity index (χ0v) is 13.2. The summed E-state index contributed by atoms with van der Waals surface area (Å²) < 4.78 is 5.48. The third-order valence-electron chi connectivity index (χ3n) is 4.94. The van der Waals surface area contributed by atoms with Crippen molar-refractivity contribution < 1.29 is 14.6 Å². The third-order valence-corrected chi connectivity index (χ3v) is 4.94. The van der Waals surface area contributed by atoms with Gasteiger partial charge in [-0.25, -0.2) is 4.79 Å². The summed E-state index contributed by atoms with van der Waals surface area (Å²) in [6.07, 6.45) is 4.34. The molecule has 1 N–H and O–H groups in total. The van der Waals surface area contributed by atoms with Crippen molar-refractivity contribution in [2.75, 3.05) is 20.1 Å². The molecule has 4 heteroatoms. The Bertz CT molecular complexity index is 525. The van der Waals surface area contributed by atoms with Crippen LogP contribution in [-0.2, 0) is 9.53 Å². The van der Waals surface area contributed by atoms with Crippen LogP contribution in [-0.4, -0.2) is 42.2 Å². The van der Waals surface area contributed by atoms with E-state index in [1.54, 1.807) is 0 Å². The van der Waals surface area contributed by atoms with Crippen molar-refractivity contribution in [3.8, 4) is 0 Å². The van der Waals surface area contributed by atoms with Gasteiger partial charge in [-0.15, -0.1) is 0 Å². The van der Waals surface area contributed by atoms with Crippen molar-refractivity contribution in [1.82, 2.24) is 4.90 Å². The van der Waals surface area contributed by atoms with Crippen LogP contribution in [0, 0.1) is 0 Å². The zero-order valence-electron chi connectivity index (χ0n) is 13.2. The van der Waals surface area contributed by atoms with Crippen LogP contribution >= 0.6 is 0 Å².